The van der Waals surface area contributed by atoms with Crippen molar-refractivity contribution in [2.75, 3.05) is 79.3 Å². The molecule has 0 radical (unpaired) electrons. The number of rotatable bonds is 18. The van der Waals surface area contributed by atoms with Crippen LogP contribution < -0.4 is 30.6 Å². The van der Waals surface area contributed by atoms with Gasteiger partial charge in [0.1, 0.15) is 25.4 Å². The molecule has 320 valence electrons. The Bertz CT molecular complexity index is 2430. The predicted octanol–water partition coefficient (Wildman–Crippen LogP) is 3.10. The zero-order valence-electron chi connectivity index (χ0n) is 35.4. The number of hydrogen-bond donors (Lipinski definition) is 2. The van der Waals surface area contributed by atoms with Crippen molar-refractivity contribution in [2.24, 2.45) is 0 Å². The highest BCUT2D eigenvalue weighted by Crippen LogP contribution is 2.41. The first-order valence-electron chi connectivity index (χ1n) is 19.8. The molecule has 4 aromatic rings. The number of amides is 2. The summed E-state index contributed by atoms with van der Waals surface area (Å²) >= 11 is 0. The number of nitrogens with one attached hydrogen (secondary N) is 2. The molecular formula is C45H52N8O8. The number of carbonyl (C=O) groups excluding carboxylic acids is 3. The molecule has 1 aliphatic carbocycles. The van der Waals surface area contributed by atoms with Crippen molar-refractivity contribution in [3.63, 3.8) is 0 Å². The van der Waals surface area contributed by atoms with E-state index < -0.39 is 5.97 Å². The normalized spacial score (nSPS) is 10.9. The quantitative estimate of drug-likeness (QED) is 0.0729. The molecule has 0 fully saturated rings. The predicted molar refractivity (Wildman–Crippen MR) is 229 cm³/mol. The van der Waals surface area contributed by atoms with Crippen LogP contribution in [0.25, 0.3) is 44.8 Å². The molecule has 2 aliphatic rings. The summed E-state index contributed by atoms with van der Waals surface area (Å²) in [5, 5.41) is 35.0. The number of hydrogen-bond acceptors (Lipinski definition) is 13. The van der Waals surface area contributed by atoms with Crippen LogP contribution in [0.5, 0.6) is 0 Å². The van der Waals surface area contributed by atoms with Gasteiger partial charge in [-0.15, -0.1) is 20.4 Å². The number of anilines is 1. The van der Waals surface area contributed by atoms with Gasteiger partial charge >= 0.3 is 0 Å². The summed E-state index contributed by atoms with van der Waals surface area (Å²) in [6, 6.07) is 26.4. The van der Waals surface area contributed by atoms with Crippen molar-refractivity contribution in [1.82, 2.24) is 35.6 Å². The number of nitrogens with zero attached hydrogens (tertiary/aromatic N) is 6. The highest BCUT2D eigenvalue weighted by Gasteiger charge is 2.20. The number of aromatic carboxylic acids is 1. The van der Waals surface area contributed by atoms with Crippen LogP contribution in [0.2, 0.25) is 0 Å². The Labute approximate surface area is 354 Å². The second-order valence-corrected chi connectivity index (χ2v) is 14.3. The van der Waals surface area contributed by atoms with Gasteiger partial charge in [0, 0.05) is 86.0 Å². The van der Waals surface area contributed by atoms with Crippen LogP contribution in [0.1, 0.15) is 35.1 Å². The molecule has 3 aromatic carbocycles. The van der Waals surface area contributed by atoms with Crippen LogP contribution >= 0.6 is 0 Å². The summed E-state index contributed by atoms with van der Waals surface area (Å²) in [5.41, 5.74) is 5.94. The molecule has 61 heavy (non-hydrogen) atoms. The molecule has 16 heteroatoms. The van der Waals surface area contributed by atoms with E-state index in [1.165, 1.54) is 6.92 Å². The van der Waals surface area contributed by atoms with Crippen LogP contribution in [-0.4, -0.2) is 113 Å². The van der Waals surface area contributed by atoms with Gasteiger partial charge in [-0.2, -0.15) is 0 Å². The molecule has 16 nitrogen and oxygen atoms in total. The van der Waals surface area contributed by atoms with Gasteiger partial charge in [0.25, 0.3) is 0 Å². The van der Waals surface area contributed by atoms with Gasteiger partial charge in [-0.3, -0.25) is 9.59 Å². The standard InChI is InChI=1S/C24H22N2O3.C21H30N6O5/c1-25(2)15-9-11-19-21(13-15)29-22-14-16(26(3)4)10-12-20(22)23(19)17-7-5-6-8-18(17)24(27)28;1-16-24-26-21(27-25-16)19-5-3-18(4-6-19)15-23-20(29)7-9-30-11-13-32-14-12-31-10-8-22-17(2)28/h5-14H,1-4H3;3-6H,7-15H2,1-2H3,(H,22,28)(H,23,29). The fourth-order valence-electron chi connectivity index (χ4n) is 6.05. The van der Waals surface area contributed by atoms with Crippen molar-refractivity contribution < 1.29 is 38.1 Å². The van der Waals surface area contributed by atoms with Gasteiger partial charge in [-0.25, -0.2) is 4.58 Å². The van der Waals surface area contributed by atoms with Crippen LogP contribution in [0.3, 0.4) is 0 Å². The molecule has 1 aromatic heterocycles. The van der Waals surface area contributed by atoms with Gasteiger partial charge in [-0.1, -0.05) is 48.5 Å². The van der Waals surface area contributed by atoms with E-state index in [-0.39, 0.29) is 23.8 Å². The molecule has 6 rings (SSSR count). The van der Waals surface area contributed by atoms with E-state index in [2.05, 4.69) is 31.0 Å². The maximum Gasteiger partial charge on any atom is 0.222 e. The first-order chi connectivity index (χ1) is 29.4. The Hall–Kier alpha value is -6.62. The number of carboxylic acids is 1. The third-order valence-corrected chi connectivity index (χ3v) is 9.26. The van der Waals surface area contributed by atoms with E-state index in [4.69, 9.17) is 18.6 Å². The molecular weight excluding hydrogens is 781 g/mol. The van der Waals surface area contributed by atoms with Crippen LogP contribution in [-0.2, 0) is 30.3 Å². The fraction of sp³-hybridized carbons (Fsp3) is 0.333. The summed E-state index contributed by atoms with van der Waals surface area (Å²) in [7, 11) is 7.88. The zero-order chi connectivity index (χ0) is 43.7. The maximum atomic E-state index is 11.9. The van der Waals surface area contributed by atoms with Crippen molar-refractivity contribution in [3.8, 4) is 33.8 Å². The fourth-order valence-corrected chi connectivity index (χ4v) is 6.05. The monoisotopic (exact) mass is 832 g/mol. The number of carboxylic acid groups (broad SMARTS) is 1. The third kappa shape index (κ3) is 13.4. The minimum absolute atomic E-state index is 0.0744. The van der Waals surface area contributed by atoms with Crippen molar-refractivity contribution in [3.05, 3.63) is 107 Å². The van der Waals surface area contributed by atoms with Gasteiger partial charge < -0.3 is 44.1 Å². The Kier molecular flexibility index (Phi) is 16.9. The number of fused-ring (bicyclic) bond motifs is 2. The molecule has 0 spiro atoms. The summed E-state index contributed by atoms with van der Waals surface area (Å²) in [6.07, 6.45) is 0.277. The first kappa shape index (κ1) is 45.5. The lowest BCUT2D eigenvalue weighted by Gasteiger charge is -2.19. The molecule has 2 amide bonds. The van der Waals surface area contributed by atoms with E-state index in [9.17, 15) is 19.5 Å². The summed E-state index contributed by atoms with van der Waals surface area (Å²) in [5.74, 6) is 0.320. The van der Waals surface area contributed by atoms with Gasteiger partial charge in [0.05, 0.1) is 51.7 Å². The highest BCUT2D eigenvalue weighted by molar-refractivity contribution is 6.07. The molecule has 2 N–H and O–H groups in total. The first-order valence-corrected chi connectivity index (χ1v) is 19.8. The van der Waals surface area contributed by atoms with E-state index >= 15 is 0 Å². The summed E-state index contributed by atoms with van der Waals surface area (Å²) < 4.78 is 24.3. The van der Waals surface area contributed by atoms with Gasteiger partial charge in [0.2, 0.25) is 23.0 Å². The van der Waals surface area contributed by atoms with E-state index in [0.717, 1.165) is 38.7 Å². The van der Waals surface area contributed by atoms with Crippen molar-refractivity contribution in [2.45, 2.75) is 26.8 Å². The van der Waals surface area contributed by atoms with E-state index in [1.807, 2.05) is 110 Å². The number of carbonyl (C=O) groups is 3. The van der Waals surface area contributed by atoms with Gasteiger partial charge in [0.15, 0.2) is 5.82 Å². The third-order valence-electron chi connectivity index (χ3n) is 9.26. The summed E-state index contributed by atoms with van der Waals surface area (Å²) in [4.78, 5) is 36.4. The second-order valence-electron chi connectivity index (χ2n) is 14.3. The molecule has 1 aliphatic heterocycles. The van der Waals surface area contributed by atoms with Crippen molar-refractivity contribution in [1.29, 1.82) is 0 Å². The molecule has 0 unspecified atom stereocenters. The lowest BCUT2D eigenvalue weighted by Crippen LogP contribution is -2.25. The zero-order valence-corrected chi connectivity index (χ0v) is 35.4. The van der Waals surface area contributed by atoms with Crippen LogP contribution in [0.15, 0.2) is 89.3 Å². The number of ether oxygens (including phenoxy) is 3. The molecule has 2 heterocycles. The Balaban J connectivity index is 0.000000232. The lowest BCUT2D eigenvalue weighted by atomic mass is 9.90. The van der Waals surface area contributed by atoms with E-state index in [1.54, 1.807) is 19.1 Å². The molecule has 0 bridgehead atoms. The number of aryl methyl sites for hydroxylation is 1. The minimum atomic E-state index is -1.20. The SMILES string of the molecule is CC(=O)NCCOCCOCCOCCC(=O)NCc1ccc(-c2nnc(C)nn2)cc1.CN(C)c1ccc2c(-c3ccccc3C(=O)[O-])c3ccc(=[N+](C)C)cc-3oc2c1. The molecule has 0 atom stereocenters. The Morgan fingerprint density at radius 1 is 0.770 bits per heavy atom. The minimum Gasteiger partial charge on any atom is -0.545 e. The Morgan fingerprint density at radius 3 is 2.10 bits per heavy atom. The van der Waals surface area contributed by atoms with Crippen molar-refractivity contribution >= 4 is 34.4 Å². The average Bonchev–Trinajstić information content (AvgIpc) is 3.25. The smallest absolute Gasteiger partial charge is 0.222 e. The van der Waals surface area contributed by atoms with E-state index in [0.29, 0.717) is 81.3 Å². The molecule has 0 saturated carbocycles. The maximum absolute atomic E-state index is 11.9. The largest absolute Gasteiger partial charge is 0.545 e. The topological polar surface area (TPSA) is 197 Å². The summed E-state index contributed by atoms with van der Waals surface area (Å²) in [6.45, 7) is 6.63. The average molecular weight is 833 g/mol. The van der Waals surface area contributed by atoms with Gasteiger partial charge in [-0.05, 0) is 36.2 Å². The number of benzene rings is 4. The molecule has 0 saturated heterocycles. The highest BCUT2D eigenvalue weighted by atomic mass is 16.5. The van der Waals surface area contributed by atoms with Crippen LogP contribution in [0, 0.1) is 6.92 Å². The second kappa shape index (κ2) is 22.7. The Morgan fingerprint density at radius 2 is 1.44 bits per heavy atom. The van der Waals surface area contributed by atoms with Crippen LogP contribution in [0.4, 0.5) is 5.69 Å². The lowest BCUT2D eigenvalue weighted by molar-refractivity contribution is -0.254. The number of aromatic nitrogens is 4.